The van der Waals surface area contributed by atoms with E-state index < -0.39 is 16.0 Å². The monoisotopic (exact) mass is 263 g/mol. The maximum Gasteiger partial charge on any atom is 0.304 e. The molecule has 1 N–H and O–H groups in total. The molecule has 1 aliphatic rings. The first-order chi connectivity index (χ1) is 7.83. The third-order valence-electron chi connectivity index (χ3n) is 3.41. The molecule has 100 valence electrons. The highest BCUT2D eigenvalue weighted by Crippen LogP contribution is 2.25. The van der Waals surface area contributed by atoms with E-state index >= 15 is 0 Å². The minimum atomic E-state index is -3.38. The lowest BCUT2D eigenvalue weighted by atomic mass is 9.87. The molecule has 0 atom stereocenters. The summed E-state index contributed by atoms with van der Waals surface area (Å²) in [4.78, 5) is 10.4. The lowest BCUT2D eigenvalue weighted by molar-refractivity contribution is -0.136. The Morgan fingerprint density at radius 1 is 1.35 bits per heavy atom. The van der Waals surface area contributed by atoms with E-state index in [0.717, 1.165) is 12.8 Å². The van der Waals surface area contributed by atoms with Crippen LogP contribution in [-0.4, -0.2) is 42.6 Å². The molecule has 0 spiro atoms. The molecule has 1 heterocycles. The summed E-state index contributed by atoms with van der Waals surface area (Å²) in [5.41, 5.74) is 0. The topological polar surface area (TPSA) is 74.7 Å². The highest BCUT2D eigenvalue weighted by atomic mass is 32.2. The van der Waals surface area contributed by atoms with Gasteiger partial charge in [-0.3, -0.25) is 4.79 Å². The van der Waals surface area contributed by atoms with Crippen LogP contribution in [0.15, 0.2) is 0 Å². The summed E-state index contributed by atoms with van der Waals surface area (Å²) >= 11 is 0. The number of hydrogen-bond acceptors (Lipinski definition) is 3. The smallest absolute Gasteiger partial charge is 0.304 e. The zero-order valence-corrected chi connectivity index (χ0v) is 11.2. The van der Waals surface area contributed by atoms with Gasteiger partial charge in [0.15, 0.2) is 0 Å². The fourth-order valence-corrected chi connectivity index (χ4v) is 3.62. The van der Waals surface area contributed by atoms with E-state index in [1.807, 2.05) is 0 Å². The molecule has 0 bridgehead atoms. The van der Waals surface area contributed by atoms with Crippen LogP contribution < -0.4 is 0 Å². The quantitative estimate of drug-likeness (QED) is 0.807. The molecule has 0 aromatic heterocycles. The lowest BCUT2D eigenvalue weighted by Crippen LogP contribution is -2.40. The number of carboxylic acid groups (broad SMARTS) is 1. The summed E-state index contributed by atoms with van der Waals surface area (Å²) in [6.45, 7) is 5.37. The van der Waals surface area contributed by atoms with Gasteiger partial charge in [-0.05, 0) is 24.7 Å². The molecule has 0 aromatic carbocycles. The molecule has 1 saturated heterocycles. The van der Waals surface area contributed by atoms with Gasteiger partial charge in [-0.25, -0.2) is 12.7 Å². The first-order valence-electron chi connectivity index (χ1n) is 6.02. The van der Waals surface area contributed by atoms with Crippen LogP contribution in [0.25, 0.3) is 0 Å². The Bertz CT molecular complexity index is 356. The van der Waals surface area contributed by atoms with Crippen LogP contribution in [-0.2, 0) is 14.8 Å². The fraction of sp³-hybridized carbons (Fsp3) is 0.909. The van der Waals surface area contributed by atoms with Gasteiger partial charge in [-0.2, -0.15) is 0 Å². The first-order valence-corrected chi connectivity index (χ1v) is 7.63. The standard InChI is InChI=1S/C11H21NO4S/c1-9(2)10-3-6-12(7-4-10)17(15,16)8-5-11(13)14/h9-10H,3-8H2,1-2H3,(H,13,14). The molecule has 0 aliphatic carbocycles. The summed E-state index contributed by atoms with van der Waals surface area (Å²) < 4.78 is 25.1. The molecule has 1 aliphatic heterocycles. The van der Waals surface area contributed by atoms with E-state index in [9.17, 15) is 13.2 Å². The second-order valence-electron chi connectivity index (χ2n) is 4.94. The van der Waals surface area contributed by atoms with E-state index in [1.165, 1.54) is 4.31 Å². The Morgan fingerprint density at radius 3 is 2.29 bits per heavy atom. The van der Waals surface area contributed by atoms with E-state index in [4.69, 9.17) is 5.11 Å². The second-order valence-corrected chi connectivity index (χ2v) is 7.03. The summed E-state index contributed by atoms with van der Waals surface area (Å²) in [5, 5.41) is 8.51. The Balaban J connectivity index is 2.50. The molecular formula is C11H21NO4S. The average molecular weight is 263 g/mol. The molecule has 1 rings (SSSR count). The highest BCUT2D eigenvalue weighted by molar-refractivity contribution is 7.89. The van der Waals surface area contributed by atoms with Crippen molar-refractivity contribution in [2.24, 2.45) is 11.8 Å². The molecule has 6 heteroatoms. The number of hydrogen-bond donors (Lipinski definition) is 1. The van der Waals surface area contributed by atoms with Gasteiger partial charge in [0.05, 0.1) is 12.2 Å². The molecule has 0 radical (unpaired) electrons. The molecule has 17 heavy (non-hydrogen) atoms. The molecular weight excluding hydrogens is 242 g/mol. The number of piperidine rings is 1. The van der Waals surface area contributed by atoms with Crippen molar-refractivity contribution in [2.45, 2.75) is 33.1 Å². The van der Waals surface area contributed by atoms with Gasteiger partial charge in [0.2, 0.25) is 10.0 Å². The molecule has 0 saturated carbocycles. The van der Waals surface area contributed by atoms with Crippen molar-refractivity contribution < 1.29 is 18.3 Å². The van der Waals surface area contributed by atoms with Crippen molar-refractivity contribution in [1.82, 2.24) is 4.31 Å². The summed E-state index contributed by atoms with van der Waals surface area (Å²) in [7, 11) is -3.38. The second kappa shape index (κ2) is 5.82. The van der Waals surface area contributed by atoms with Gasteiger partial charge in [0.25, 0.3) is 0 Å². The molecule has 0 unspecified atom stereocenters. The number of carboxylic acids is 1. The minimum Gasteiger partial charge on any atom is -0.481 e. The van der Waals surface area contributed by atoms with Crippen LogP contribution in [0, 0.1) is 11.8 Å². The molecule has 0 aromatic rings. The van der Waals surface area contributed by atoms with Crippen molar-refractivity contribution in [3.63, 3.8) is 0 Å². The average Bonchev–Trinajstić information content (AvgIpc) is 2.27. The van der Waals surface area contributed by atoms with Crippen LogP contribution in [0.2, 0.25) is 0 Å². The van der Waals surface area contributed by atoms with Crippen LogP contribution in [0.1, 0.15) is 33.1 Å². The molecule has 1 fully saturated rings. The number of rotatable bonds is 5. The van der Waals surface area contributed by atoms with Gasteiger partial charge < -0.3 is 5.11 Å². The van der Waals surface area contributed by atoms with E-state index in [-0.39, 0.29) is 12.2 Å². The van der Waals surface area contributed by atoms with E-state index in [0.29, 0.717) is 24.9 Å². The SMILES string of the molecule is CC(C)C1CCN(S(=O)(=O)CCC(=O)O)CC1. The molecule has 5 nitrogen and oxygen atoms in total. The van der Waals surface area contributed by atoms with Crippen molar-refractivity contribution in [2.75, 3.05) is 18.8 Å². The van der Waals surface area contributed by atoms with Crippen molar-refractivity contribution in [3.8, 4) is 0 Å². The van der Waals surface area contributed by atoms with E-state index in [1.54, 1.807) is 0 Å². The number of carbonyl (C=O) groups is 1. The number of nitrogens with zero attached hydrogens (tertiary/aromatic N) is 1. The summed E-state index contributed by atoms with van der Waals surface area (Å²) in [5.74, 6) is -0.181. The third-order valence-corrected chi connectivity index (χ3v) is 5.28. The summed E-state index contributed by atoms with van der Waals surface area (Å²) in [6, 6.07) is 0. The fourth-order valence-electron chi connectivity index (χ4n) is 2.17. The van der Waals surface area contributed by atoms with Crippen LogP contribution in [0.5, 0.6) is 0 Å². The van der Waals surface area contributed by atoms with Crippen molar-refractivity contribution >= 4 is 16.0 Å². The maximum atomic E-state index is 11.8. The van der Waals surface area contributed by atoms with E-state index in [2.05, 4.69) is 13.8 Å². The van der Waals surface area contributed by atoms with Crippen LogP contribution in [0.3, 0.4) is 0 Å². The largest absolute Gasteiger partial charge is 0.481 e. The predicted octanol–water partition coefficient (Wildman–Crippen LogP) is 1.16. The Kier molecular flexibility index (Phi) is 4.94. The third kappa shape index (κ3) is 4.27. The van der Waals surface area contributed by atoms with Gasteiger partial charge in [-0.1, -0.05) is 13.8 Å². The van der Waals surface area contributed by atoms with Gasteiger partial charge in [0.1, 0.15) is 0 Å². The highest BCUT2D eigenvalue weighted by Gasteiger charge is 2.29. The summed E-state index contributed by atoms with van der Waals surface area (Å²) in [6.07, 6.45) is 1.44. The lowest BCUT2D eigenvalue weighted by Gasteiger charge is -2.33. The van der Waals surface area contributed by atoms with Gasteiger partial charge in [0, 0.05) is 13.1 Å². The number of sulfonamides is 1. The Hall–Kier alpha value is -0.620. The van der Waals surface area contributed by atoms with Crippen molar-refractivity contribution in [3.05, 3.63) is 0 Å². The van der Waals surface area contributed by atoms with Gasteiger partial charge >= 0.3 is 5.97 Å². The minimum absolute atomic E-state index is 0.283. The number of aliphatic carboxylic acids is 1. The van der Waals surface area contributed by atoms with Crippen molar-refractivity contribution in [1.29, 1.82) is 0 Å². The van der Waals surface area contributed by atoms with Crippen LogP contribution >= 0.6 is 0 Å². The Morgan fingerprint density at radius 2 is 1.88 bits per heavy atom. The maximum absolute atomic E-state index is 11.8. The zero-order valence-electron chi connectivity index (χ0n) is 10.4. The Labute approximate surface area is 103 Å². The first kappa shape index (κ1) is 14.4. The predicted molar refractivity (Wildman–Crippen MR) is 65.2 cm³/mol. The zero-order chi connectivity index (χ0) is 13.1. The molecule has 0 amide bonds. The van der Waals surface area contributed by atoms with Gasteiger partial charge in [-0.15, -0.1) is 0 Å². The normalized spacial score (nSPS) is 19.7. The van der Waals surface area contributed by atoms with Crippen LogP contribution in [0.4, 0.5) is 0 Å².